The lowest BCUT2D eigenvalue weighted by Crippen LogP contribution is -2.32. The quantitative estimate of drug-likeness (QED) is 0.448. The third-order valence-corrected chi connectivity index (χ3v) is 2.51. The van der Waals surface area contributed by atoms with Crippen molar-refractivity contribution < 1.29 is 0 Å². The van der Waals surface area contributed by atoms with Crippen molar-refractivity contribution in [1.82, 2.24) is 19.9 Å². The van der Waals surface area contributed by atoms with E-state index in [-0.39, 0.29) is 0 Å². The van der Waals surface area contributed by atoms with Gasteiger partial charge in [0.05, 0.1) is 0 Å². The van der Waals surface area contributed by atoms with E-state index in [1.807, 2.05) is 28.8 Å². The van der Waals surface area contributed by atoms with Gasteiger partial charge in [-0.05, 0) is 18.6 Å². The summed E-state index contributed by atoms with van der Waals surface area (Å²) in [5.74, 6) is 1.44. The van der Waals surface area contributed by atoms with E-state index in [0.717, 1.165) is 30.9 Å². The third-order valence-electron chi connectivity index (χ3n) is 2.51. The molecule has 0 radical (unpaired) electrons. The summed E-state index contributed by atoms with van der Waals surface area (Å²) in [4.78, 5) is 3.82. The molecule has 2 aromatic rings. The van der Waals surface area contributed by atoms with Gasteiger partial charge in [-0.2, -0.15) is 0 Å². The molecule has 0 aromatic carbocycles. The number of hydrogen-bond acceptors (Lipinski definition) is 3. The smallest absolute Gasteiger partial charge is 0.188 e. The second-order valence-corrected chi connectivity index (χ2v) is 3.68. The van der Waals surface area contributed by atoms with Crippen LogP contribution in [0.5, 0.6) is 0 Å². The summed E-state index contributed by atoms with van der Waals surface area (Å²) >= 11 is 0. The van der Waals surface area contributed by atoms with Crippen LogP contribution in [0.4, 0.5) is 0 Å². The van der Waals surface area contributed by atoms with Gasteiger partial charge >= 0.3 is 0 Å². The Morgan fingerprint density at radius 2 is 2.35 bits per heavy atom. The maximum atomic E-state index is 5.53. The van der Waals surface area contributed by atoms with Crippen molar-refractivity contribution >= 4 is 11.6 Å². The highest BCUT2D eigenvalue weighted by Crippen LogP contribution is 2.04. The lowest BCUT2D eigenvalue weighted by atomic mass is 10.3. The van der Waals surface area contributed by atoms with E-state index in [4.69, 9.17) is 5.73 Å². The zero-order valence-electron chi connectivity index (χ0n) is 9.80. The van der Waals surface area contributed by atoms with E-state index in [0.29, 0.717) is 5.96 Å². The number of rotatable bonds is 4. The summed E-state index contributed by atoms with van der Waals surface area (Å²) in [6.45, 7) is 0.783. The SMILES string of the molecule is CN=C(N)NCCCc1nnc2ccccn12. The van der Waals surface area contributed by atoms with Crippen molar-refractivity contribution in [2.45, 2.75) is 12.8 Å². The third kappa shape index (κ3) is 2.72. The average Bonchev–Trinajstić information content (AvgIpc) is 2.78. The number of aliphatic imine (C=N–C) groups is 1. The Balaban J connectivity index is 1.91. The molecule has 2 rings (SSSR count). The molecule has 0 atom stereocenters. The van der Waals surface area contributed by atoms with Crippen LogP contribution in [0.3, 0.4) is 0 Å². The average molecular weight is 232 g/mol. The summed E-state index contributed by atoms with van der Waals surface area (Å²) in [5, 5.41) is 11.3. The van der Waals surface area contributed by atoms with Crippen LogP contribution in [0.2, 0.25) is 0 Å². The van der Waals surface area contributed by atoms with Gasteiger partial charge in [-0.1, -0.05) is 6.07 Å². The molecule has 0 aliphatic heterocycles. The topological polar surface area (TPSA) is 80.6 Å². The molecular formula is C11H16N6. The minimum Gasteiger partial charge on any atom is -0.370 e. The van der Waals surface area contributed by atoms with Gasteiger partial charge in [-0.15, -0.1) is 10.2 Å². The van der Waals surface area contributed by atoms with Crippen molar-refractivity contribution in [3.63, 3.8) is 0 Å². The number of hydrogen-bond donors (Lipinski definition) is 2. The van der Waals surface area contributed by atoms with Gasteiger partial charge in [0.25, 0.3) is 0 Å². The Labute approximate surface area is 99.6 Å². The van der Waals surface area contributed by atoms with Crippen LogP contribution in [0.25, 0.3) is 5.65 Å². The van der Waals surface area contributed by atoms with E-state index < -0.39 is 0 Å². The maximum Gasteiger partial charge on any atom is 0.188 e. The summed E-state index contributed by atoms with van der Waals surface area (Å²) in [6.07, 6.45) is 3.76. The number of aromatic nitrogens is 3. The van der Waals surface area contributed by atoms with Gasteiger partial charge in [0.1, 0.15) is 5.82 Å². The van der Waals surface area contributed by atoms with E-state index in [2.05, 4.69) is 20.5 Å². The molecule has 3 N–H and O–H groups in total. The largest absolute Gasteiger partial charge is 0.370 e. The fourth-order valence-electron chi connectivity index (χ4n) is 1.60. The number of nitrogens with zero attached hydrogens (tertiary/aromatic N) is 4. The lowest BCUT2D eigenvalue weighted by molar-refractivity contribution is 0.729. The first-order chi connectivity index (χ1) is 8.31. The monoisotopic (exact) mass is 232 g/mol. The standard InChI is InChI=1S/C11H16N6/c1-13-11(12)14-7-4-6-10-16-15-9-5-2-3-8-17(9)10/h2-3,5,8H,4,6-7H2,1H3,(H3,12,13,14). The zero-order valence-corrected chi connectivity index (χ0v) is 9.80. The Hall–Kier alpha value is -2.11. The van der Waals surface area contributed by atoms with E-state index in [1.165, 1.54) is 0 Å². The molecule has 0 saturated heterocycles. The van der Waals surface area contributed by atoms with Crippen LogP contribution < -0.4 is 11.1 Å². The zero-order chi connectivity index (χ0) is 12.1. The molecule has 90 valence electrons. The lowest BCUT2D eigenvalue weighted by Gasteiger charge is -2.03. The Bertz CT molecular complexity index is 515. The normalized spacial score (nSPS) is 11.9. The Morgan fingerprint density at radius 1 is 1.47 bits per heavy atom. The number of fused-ring (bicyclic) bond motifs is 1. The van der Waals surface area contributed by atoms with Crippen LogP contribution in [-0.2, 0) is 6.42 Å². The van der Waals surface area contributed by atoms with Crippen molar-refractivity contribution in [3.05, 3.63) is 30.2 Å². The predicted molar refractivity (Wildman–Crippen MR) is 66.9 cm³/mol. The molecule has 0 saturated carbocycles. The van der Waals surface area contributed by atoms with E-state index in [1.54, 1.807) is 7.05 Å². The molecule has 0 aliphatic carbocycles. The van der Waals surface area contributed by atoms with Gasteiger partial charge in [0.2, 0.25) is 0 Å². The van der Waals surface area contributed by atoms with Crippen LogP contribution >= 0.6 is 0 Å². The molecule has 17 heavy (non-hydrogen) atoms. The number of nitrogens with two attached hydrogens (primary N) is 1. The second kappa shape index (κ2) is 5.29. The van der Waals surface area contributed by atoms with Gasteiger partial charge in [0, 0.05) is 26.2 Å². The molecule has 0 aliphatic rings. The summed E-state index contributed by atoms with van der Waals surface area (Å²) in [7, 11) is 1.66. The molecule has 0 spiro atoms. The minimum absolute atomic E-state index is 0.469. The minimum atomic E-state index is 0.469. The second-order valence-electron chi connectivity index (χ2n) is 3.68. The molecule has 2 heterocycles. The first-order valence-corrected chi connectivity index (χ1v) is 5.56. The molecule has 6 heteroatoms. The van der Waals surface area contributed by atoms with Gasteiger partial charge < -0.3 is 11.1 Å². The number of aryl methyl sites for hydroxylation is 1. The highest BCUT2D eigenvalue weighted by atomic mass is 15.2. The number of pyridine rings is 1. The fourth-order valence-corrected chi connectivity index (χ4v) is 1.60. The molecular weight excluding hydrogens is 216 g/mol. The molecule has 0 bridgehead atoms. The van der Waals surface area contributed by atoms with Crippen molar-refractivity contribution in [2.24, 2.45) is 10.7 Å². The van der Waals surface area contributed by atoms with E-state index in [9.17, 15) is 0 Å². The van der Waals surface area contributed by atoms with Crippen LogP contribution in [0.1, 0.15) is 12.2 Å². The summed E-state index contributed by atoms with van der Waals surface area (Å²) < 4.78 is 2.00. The van der Waals surface area contributed by atoms with Crippen LogP contribution in [0, 0.1) is 0 Å². The van der Waals surface area contributed by atoms with Crippen LogP contribution in [0.15, 0.2) is 29.4 Å². The number of guanidine groups is 1. The molecule has 0 fully saturated rings. The van der Waals surface area contributed by atoms with Gasteiger partial charge in [-0.25, -0.2) is 0 Å². The van der Waals surface area contributed by atoms with Crippen molar-refractivity contribution in [1.29, 1.82) is 0 Å². The predicted octanol–water partition coefficient (Wildman–Crippen LogP) is 0.196. The summed E-state index contributed by atoms with van der Waals surface area (Å²) in [6, 6.07) is 5.87. The molecule has 0 amide bonds. The summed E-state index contributed by atoms with van der Waals surface area (Å²) in [5.41, 5.74) is 6.41. The first kappa shape index (κ1) is 11.4. The fraction of sp³-hybridized carbons (Fsp3) is 0.364. The maximum absolute atomic E-state index is 5.53. The highest BCUT2D eigenvalue weighted by Gasteiger charge is 2.03. The van der Waals surface area contributed by atoms with Crippen LogP contribution in [-0.4, -0.2) is 34.2 Å². The Kier molecular flexibility index (Phi) is 3.54. The van der Waals surface area contributed by atoms with Crippen molar-refractivity contribution in [3.8, 4) is 0 Å². The van der Waals surface area contributed by atoms with E-state index >= 15 is 0 Å². The first-order valence-electron chi connectivity index (χ1n) is 5.56. The Morgan fingerprint density at radius 3 is 3.18 bits per heavy atom. The van der Waals surface area contributed by atoms with Gasteiger partial charge in [-0.3, -0.25) is 9.39 Å². The highest BCUT2D eigenvalue weighted by molar-refractivity contribution is 5.77. The number of nitrogens with one attached hydrogen (secondary N) is 1. The molecule has 0 unspecified atom stereocenters. The molecule has 2 aromatic heterocycles. The molecule has 6 nitrogen and oxygen atoms in total. The van der Waals surface area contributed by atoms with Gasteiger partial charge in [0.15, 0.2) is 11.6 Å². The van der Waals surface area contributed by atoms with Crippen molar-refractivity contribution in [2.75, 3.05) is 13.6 Å².